The SMILES string of the molecule is CCCCCB[O-].C[N+](C)(C)C. The van der Waals surface area contributed by atoms with Crippen LogP contribution < -0.4 is 5.02 Å². The lowest BCUT2D eigenvalue weighted by Crippen LogP contribution is -2.27. The topological polar surface area (TPSA) is 23.1 Å². The van der Waals surface area contributed by atoms with Crippen LogP contribution in [0.5, 0.6) is 0 Å². The smallest absolute Gasteiger partial charge is 0.0675 e. The fraction of sp³-hybridized carbons (Fsp3) is 1.00. The van der Waals surface area contributed by atoms with E-state index in [-0.39, 0.29) is 7.48 Å². The van der Waals surface area contributed by atoms with Gasteiger partial charge in [-0.25, -0.2) is 0 Å². The molecule has 0 atom stereocenters. The third-order valence-electron chi connectivity index (χ3n) is 0.998. The van der Waals surface area contributed by atoms with E-state index < -0.39 is 0 Å². The van der Waals surface area contributed by atoms with Gasteiger partial charge in [0.2, 0.25) is 0 Å². The molecule has 0 aromatic rings. The molecule has 0 aromatic carbocycles. The van der Waals surface area contributed by atoms with Gasteiger partial charge in [-0.2, -0.15) is 0 Å². The number of hydrogen-bond acceptors (Lipinski definition) is 1. The first kappa shape index (κ1) is 14.5. The first-order valence-corrected chi connectivity index (χ1v) is 4.78. The predicted molar refractivity (Wildman–Crippen MR) is 55.4 cm³/mol. The van der Waals surface area contributed by atoms with Gasteiger partial charge in [0.15, 0.2) is 0 Å². The Morgan fingerprint density at radius 3 is 1.75 bits per heavy atom. The molecule has 12 heavy (non-hydrogen) atoms. The summed E-state index contributed by atoms with van der Waals surface area (Å²) in [5, 5.41) is 9.80. The van der Waals surface area contributed by atoms with E-state index in [9.17, 15) is 5.02 Å². The lowest BCUT2D eigenvalue weighted by atomic mass is 9.92. The van der Waals surface area contributed by atoms with Crippen molar-refractivity contribution in [2.75, 3.05) is 28.2 Å². The monoisotopic (exact) mass is 173 g/mol. The van der Waals surface area contributed by atoms with Crippen molar-refractivity contribution in [1.82, 2.24) is 0 Å². The molecule has 74 valence electrons. The average molecular weight is 173 g/mol. The molecular formula is C9H24BNO. The van der Waals surface area contributed by atoms with E-state index in [0.29, 0.717) is 0 Å². The Bertz CT molecular complexity index is 71.1. The third kappa shape index (κ3) is 50.8. The summed E-state index contributed by atoms with van der Waals surface area (Å²) in [6, 6.07) is 0. The molecule has 0 aliphatic carbocycles. The van der Waals surface area contributed by atoms with Gasteiger partial charge in [-0.15, -0.1) is 0 Å². The van der Waals surface area contributed by atoms with Crippen LogP contribution in [0.4, 0.5) is 0 Å². The molecule has 0 aromatic heterocycles. The van der Waals surface area contributed by atoms with E-state index in [4.69, 9.17) is 0 Å². The van der Waals surface area contributed by atoms with Crippen molar-refractivity contribution in [1.29, 1.82) is 0 Å². The van der Waals surface area contributed by atoms with Gasteiger partial charge in [-0.3, -0.25) is 0 Å². The van der Waals surface area contributed by atoms with Crippen molar-refractivity contribution in [2.45, 2.75) is 32.5 Å². The number of unbranched alkanes of at least 4 members (excludes halogenated alkanes) is 2. The van der Waals surface area contributed by atoms with Crippen molar-refractivity contribution in [3.63, 3.8) is 0 Å². The molecule has 0 aliphatic heterocycles. The summed E-state index contributed by atoms with van der Waals surface area (Å²) in [6.07, 6.45) is 4.44. The van der Waals surface area contributed by atoms with Crippen LogP contribution in [0.15, 0.2) is 0 Å². The molecule has 0 aliphatic rings. The number of nitrogens with zero attached hydrogens (tertiary/aromatic N) is 1. The lowest BCUT2D eigenvalue weighted by Gasteiger charge is -2.14. The van der Waals surface area contributed by atoms with Crippen LogP contribution in [0.2, 0.25) is 6.32 Å². The Kier molecular flexibility index (Phi) is 11.0. The van der Waals surface area contributed by atoms with Crippen molar-refractivity contribution < 1.29 is 9.51 Å². The van der Waals surface area contributed by atoms with E-state index in [2.05, 4.69) is 35.1 Å². The predicted octanol–water partition coefficient (Wildman–Crippen LogP) is 0.629. The Hall–Kier alpha value is -0.0151. The third-order valence-corrected chi connectivity index (χ3v) is 0.998. The van der Waals surface area contributed by atoms with Crippen molar-refractivity contribution in [2.24, 2.45) is 0 Å². The molecule has 0 N–H and O–H groups in total. The van der Waals surface area contributed by atoms with Gasteiger partial charge in [0.1, 0.15) is 0 Å². The largest absolute Gasteiger partial charge is 0.882 e. The van der Waals surface area contributed by atoms with Crippen LogP contribution in [-0.4, -0.2) is 40.2 Å². The quantitative estimate of drug-likeness (QED) is 0.347. The van der Waals surface area contributed by atoms with E-state index in [1.165, 1.54) is 12.8 Å². The molecular weight excluding hydrogens is 149 g/mol. The highest BCUT2D eigenvalue weighted by Gasteiger charge is 1.88. The minimum Gasteiger partial charge on any atom is -0.882 e. The molecule has 0 radical (unpaired) electrons. The molecule has 0 saturated carbocycles. The molecule has 0 spiro atoms. The number of rotatable bonds is 4. The molecule has 0 rings (SSSR count). The van der Waals surface area contributed by atoms with Crippen molar-refractivity contribution >= 4 is 7.48 Å². The van der Waals surface area contributed by atoms with Crippen LogP contribution in [0.1, 0.15) is 26.2 Å². The zero-order valence-electron chi connectivity index (χ0n) is 9.39. The molecule has 0 unspecified atom stereocenters. The van der Waals surface area contributed by atoms with E-state index in [1.54, 1.807) is 0 Å². The zero-order valence-corrected chi connectivity index (χ0v) is 9.39. The van der Waals surface area contributed by atoms with E-state index in [1.807, 2.05) is 0 Å². The van der Waals surface area contributed by atoms with E-state index >= 15 is 0 Å². The van der Waals surface area contributed by atoms with E-state index in [0.717, 1.165) is 17.2 Å². The summed E-state index contributed by atoms with van der Waals surface area (Å²) in [6.45, 7) is 2.14. The van der Waals surface area contributed by atoms with Gasteiger partial charge in [0.05, 0.1) is 28.2 Å². The highest BCUT2D eigenvalue weighted by Crippen LogP contribution is 1.95. The Balaban J connectivity index is 0. The molecule has 0 heterocycles. The fourth-order valence-electron chi connectivity index (χ4n) is 0.529. The summed E-state index contributed by atoms with van der Waals surface area (Å²) in [5.41, 5.74) is 0. The van der Waals surface area contributed by atoms with Gasteiger partial charge in [-0.05, 0) is 0 Å². The molecule has 3 heteroatoms. The summed E-state index contributed by atoms with van der Waals surface area (Å²) >= 11 is 0. The van der Waals surface area contributed by atoms with Gasteiger partial charge in [-0.1, -0.05) is 32.5 Å². The van der Waals surface area contributed by atoms with Crippen molar-refractivity contribution in [3.05, 3.63) is 0 Å². The molecule has 0 saturated heterocycles. The van der Waals surface area contributed by atoms with Crippen LogP contribution in [-0.2, 0) is 0 Å². The maximum absolute atomic E-state index is 9.80. The maximum Gasteiger partial charge on any atom is 0.0675 e. The second kappa shape index (κ2) is 9.08. The summed E-state index contributed by atoms with van der Waals surface area (Å²) in [5.74, 6) is 0. The summed E-state index contributed by atoms with van der Waals surface area (Å²) in [7, 11) is 8.61. The van der Waals surface area contributed by atoms with Crippen molar-refractivity contribution in [3.8, 4) is 0 Å². The standard InChI is InChI=1S/C5H12BO.C4H12N/c1-2-3-4-5-6-7;1-5(2,3)4/h6H,2-5H2,1H3;1-4H3/q-1;+1. The normalized spacial score (nSPS) is 10.2. The van der Waals surface area contributed by atoms with Gasteiger partial charge < -0.3 is 9.51 Å². The Labute approximate surface area is 78.5 Å². The van der Waals surface area contributed by atoms with Crippen LogP contribution >= 0.6 is 0 Å². The Morgan fingerprint density at radius 2 is 1.50 bits per heavy atom. The number of hydrogen-bond donors (Lipinski definition) is 0. The van der Waals surface area contributed by atoms with Gasteiger partial charge in [0, 0.05) is 7.48 Å². The van der Waals surface area contributed by atoms with Gasteiger partial charge >= 0.3 is 0 Å². The van der Waals surface area contributed by atoms with Crippen LogP contribution in [0, 0.1) is 0 Å². The molecule has 0 amide bonds. The lowest BCUT2D eigenvalue weighted by molar-refractivity contribution is -0.849. The van der Waals surface area contributed by atoms with Crippen LogP contribution in [0.3, 0.4) is 0 Å². The molecule has 2 nitrogen and oxygen atoms in total. The van der Waals surface area contributed by atoms with Gasteiger partial charge in [0.25, 0.3) is 0 Å². The summed E-state index contributed by atoms with van der Waals surface area (Å²) in [4.78, 5) is 0. The maximum atomic E-state index is 9.80. The second-order valence-corrected chi connectivity index (χ2v) is 4.45. The first-order chi connectivity index (χ1) is 5.41. The fourth-order valence-corrected chi connectivity index (χ4v) is 0.529. The van der Waals surface area contributed by atoms with Crippen LogP contribution in [0.25, 0.3) is 0 Å². The zero-order chi connectivity index (χ0) is 10.0. The Morgan fingerprint density at radius 1 is 1.08 bits per heavy atom. The summed E-state index contributed by atoms with van der Waals surface area (Å²) < 4.78 is 1.00. The average Bonchev–Trinajstić information content (AvgIpc) is 1.85. The highest BCUT2D eigenvalue weighted by molar-refractivity contribution is 6.22. The highest BCUT2D eigenvalue weighted by atomic mass is 16.2. The minimum atomic E-state index is 0.111. The second-order valence-electron chi connectivity index (χ2n) is 4.45. The first-order valence-electron chi connectivity index (χ1n) is 4.78. The number of quaternary nitrogens is 1. The molecule has 0 fully saturated rings. The molecule has 0 bridgehead atoms. The minimum absolute atomic E-state index is 0.111.